The Morgan fingerprint density at radius 2 is 1.84 bits per heavy atom. The predicted molar refractivity (Wildman–Crippen MR) is 74.0 cm³/mol. The maximum atomic E-state index is 12.4. The van der Waals surface area contributed by atoms with Crippen LogP contribution in [0.5, 0.6) is 0 Å². The molecule has 0 amide bonds. The molecule has 0 aromatic heterocycles. The first kappa shape index (κ1) is 14.3. The largest absolute Gasteiger partial charge is 0.379 e. The number of anilines is 1. The van der Waals surface area contributed by atoms with Crippen LogP contribution in [0.15, 0.2) is 24.3 Å². The van der Waals surface area contributed by atoms with Crippen LogP contribution in [0.2, 0.25) is 0 Å². The summed E-state index contributed by atoms with van der Waals surface area (Å²) in [5.41, 5.74) is 7.13. The van der Waals surface area contributed by atoms with Crippen molar-refractivity contribution in [1.82, 2.24) is 4.31 Å². The second-order valence-corrected chi connectivity index (χ2v) is 6.32. The van der Waals surface area contributed by atoms with Crippen LogP contribution in [0, 0.1) is 0 Å². The van der Waals surface area contributed by atoms with E-state index in [1.807, 2.05) is 12.1 Å². The minimum absolute atomic E-state index is 0.396. The van der Waals surface area contributed by atoms with Gasteiger partial charge < -0.3 is 10.5 Å². The lowest BCUT2D eigenvalue weighted by atomic mass is 10.2. The topological polar surface area (TPSA) is 75.9 Å². The summed E-state index contributed by atoms with van der Waals surface area (Å²) in [5.74, 6) is 0. The Kier molecular flexibility index (Phi) is 4.41. The molecule has 2 N–H and O–H groups in total. The predicted octanol–water partition coefficient (Wildman–Crippen LogP) is 0.159. The van der Waals surface area contributed by atoms with E-state index in [9.17, 15) is 8.42 Å². The fourth-order valence-corrected chi connectivity index (χ4v) is 3.27. The fourth-order valence-electron chi connectivity index (χ4n) is 1.93. The molecule has 0 aliphatic carbocycles. The van der Waals surface area contributed by atoms with Gasteiger partial charge in [-0.15, -0.1) is 0 Å². The van der Waals surface area contributed by atoms with Gasteiger partial charge in [0.15, 0.2) is 0 Å². The molecule has 7 heteroatoms. The van der Waals surface area contributed by atoms with Gasteiger partial charge in [0, 0.05) is 26.7 Å². The van der Waals surface area contributed by atoms with Crippen molar-refractivity contribution in [1.29, 1.82) is 0 Å². The lowest BCUT2D eigenvalue weighted by molar-refractivity contribution is 0.0730. The molecule has 1 heterocycles. The van der Waals surface area contributed by atoms with Crippen molar-refractivity contribution in [2.24, 2.45) is 5.73 Å². The summed E-state index contributed by atoms with van der Waals surface area (Å²) in [5, 5.41) is 0. The maximum Gasteiger partial charge on any atom is 0.303 e. The highest BCUT2D eigenvalue weighted by molar-refractivity contribution is 7.90. The zero-order valence-electron chi connectivity index (χ0n) is 10.9. The van der Waals surface area contributed by atoms with Crippen molar-refractivity contribution in [3.05, 3.63) is 29.8 Å². The van der Waals surface area contributed by atoms with Crippen LogP contribution >= 0.6 is 0 Å². The van der Waals surface area contributed by atoms with Crippen molar-refractivity contribution in [2.75, 3.05) is 37.7 Å². The number of hydrogen-bond donors (Lipinski definition) is 1. The molecule has 0 unspecified atom stereocenters. The molecule has 1 aliphatic rings. The molecule has 6 nitrogen and oxygen atoms in total. The van der Waals surface area contributed by atoms with Crippen LogP contribution < -0.4 is 10.0 Å². The highest BCUT2D eigenvalue weighted by Crippen LogP contribution is 2.19. The summed E-state index contributed by atoms with van der Waals surface area (Å²) in [6.07, 6.45) is 0. The van der Waals surface area contributed by atoms with Gasteiger partial charge in [-0.25, -0.2) is 0 Å². The van der Waals surface area contributed by atoms with E-state index in [2.05, 4.69) is 0 Å². The van der Waals surface area contributed by atoms with E-state index in [1.165, 1.54) is 8.61 Å². The third-order valence-corrected chi connectivity index (χ3v) is 5.10. The summed E-state index contributed by atoms with van der Waals surface area (Å²) in [6.45, 7) is 2.12. The Labute approximate surface area is 113 Å². The quantitative estimate of drug-likeness (QED) is 0.855. The standard InChI is InChI=1S/C12H19N3O3S/c1-14(12-4-2-11(10-13)3-5-12)19(16,17)15-6-8-18-9-7-15/h2-5H,6-10,13H2,1H3. The van der Waals surface area contributed by atoms with E-state index >= 15 is 0 Å². The lowest BCUT2D eigenvalue weighted by Crippen LogP contribution is -2.47. The number of nitrogens with two attached hydrogens (primary N) is 1. The van der Waals surface area contributed by atoms with E-state index in [1.54, 1.807) is 19.2 Å². The lowest BCUT2D eigenvalue weighted by Gasteiger charge is -2.31. The zero-order chi connectivity index (χ0) is 13.9. The Hall–Kier alpha value is -1.15. The first-order chi connectivity index (χ1) is 9.05. The highest BCUT2D eigenvalue weighted by Gasteiger charge is 2.28. The molecule has 1 aromatic rings. The van der Waals surface area contributed by atoms with Gasteiger partial charge in [0.2, 0.25) is 0 Å². The van der Waals surface area contributed by atoms with Crippen LogP contribution in [0.1, 0.15) is 5.56 Å². The highest BCUT2D eigenvalue weighted by atomic mass is 32.2. The molecule has 1 aliphatic heterocycles. The van der Waals surface area contributed by atoms with E-state index < -0.39 is 10.2 Å². The Morgan fingerprint density at radius 1 is 1.26 bits per heavy atom. The first-order valence-corrected chi connectivity index (χ1v) is 7.56. The third-order valence-electron chi connectivity index (χ3n) is 3.18. The normalized spacial score (nSPS) is 17.4. The molecule has 0 atom stereocenters. The summed E-state index contributed by atoms with van der Waals surface area (Å²) in [6, 6.07) is 7.20. The average molecular weight is 285 g/mol. The van der Waals surface area contributed by atoms with Crippen molar-refractivity contribution in [2.45, 2.75) is 6.54 Å². The van der Waals surface area contributed by atoms with Crippen LogP contribution in [-0.4, -0.2) is 46.1 Å². The first-order valence-electron chi connectivity index (χ1n) is 6.16. The van der Waals surface area contributed by atoms with E-state index in [-0.39, 0.29) is 0 Å². The molecule has 1 fully saturated rings. The summed E-state index contributed by atoms with van der Waals surface area (Å²) in [4.78, 5) is 0. The summed E-state index contributed by atoms with van der Waals surface area (Å²) < 4.78 is 32.7. The second-order valence-electron chi connectivity index (χ2n) is 4.36. The van der Waals surface area contributed by atoms with E-state index in [0.29, 0.717) is 38.5 Å². The smallest absolute Gasteiger partial charge is 0.303 e. The summed E-state index contributed by atoms with van der Waals surface area (Å²) >= 11 is 0. The Balaban J connectivity index is 2.18. The number of nitrogens with zero attached hydrogens (tertiary/aromatic N) is 2. The number of benzene rings is 1. The van der Waals surface area contributed by atoms with E-state index in [0.717, 1.165) is 5.56 Å². The minimum atomic E-state index is -3.48. The number of rotatable bonds is 4. The molecule has 2 rings (SSSR count). The molecule has 1 aromatic carbocycles. The van der Waals surface area contributed by atoms with Crippen LogP contribution in [-0.2, 0) is 21.5 Å². The van der Waals surface area contributed by atoms with Gasteiger partial charge in [0.05, 0.1) is 18.9 Å². The van der Waals surface area contributed by atoms with Crippen molar-refractivity contribution in [3.8, 4) is 0 Å². The minimum Gasteiger partial charge on any atom is -0.379 e. The molecule has 19 heavy (non-hydrogen) atoms. The van der Waals surface area contributed by atoms with Gasteiger partial charge in [-0.3, -0.25) is 4.31 Å². The van der Waals surface area contributed by atoms with Gasteiger partial charge in [-0.05, 0) is 17.7 Å². The molecular formula is C12H19N3O3S. The molecule has 106 valence electrons. The van der Waals surface area contributed by atoms with Gasteiger partial charge >= 0.3 is 10.2 Å². The third kappa shape index (κ3) is 3.06. The van der Waals surface area contributed by atoms with Gasteiger partial charge in [0.25, 0.3) is 0 Å². The molecule has 1 saturated heterocycles. The average Bonchev–Trinajstić information content (AvgIpc) is 2.47. The van der Waals surface area contributed by atoms with Crippen LogP contribution in [0.25, 0.3) is 0 Å². The monoisotopic (exact) mass is 285 g/mol. The Morgan fingerprint density at radius 3 is 2.37 bits per heavy atom. The second kappa shape index (κ2) is 5.87. The molecule has 0 bridgehead atoms. The van der Waals surface area contributed by atoms with Gasteiger partial charge in [-0.2, -0.15) is 12.7 Å². The summed E-state index contributed by atoms with van der Waals surface area (Å²) in [7, 11) is -1.92. The van der Waals surface area contributed by atoms with Crippen molar-refractivity contribution in [3.63, 3.8) is 0 Å². The van der Waals surface area contributed by atoms with Gasteiger partial charge in [0.1, 0.15) is 0 Å². The maximum absolute atomic E-state index is 12.4. The molecule has 0 saturated carbocycles. The van der Waals surface area contributed by atoms with Gasteiger partial charge in [-0.1, -0.05) is 12.1 Å². The number of morpholine rings is 1. The number of ether oxygens (including phenoxy) is 1. The number of hydrogen-bond acceptors (Lipinski definition) is 4. The SMILES string of the molecule is CN(c1ccc(CN)cc1)S(=O)(=O)N1CCOCC1. The Bertz CT molecular complexity index is 510. The van der Waals surface area contributed by atoms with Crippen LogP contribution in [0.4, 0.5) is 5.69 Å². The molecular weight excluding hydrogens is 266 g/mol. The van der Waals surface area contributed by atoms with Crippen molar-refractivity contribution >= 4 is 15.9 Å². The molecule has 0 radical (unpaired) electrons. The molecule has 0 spiro atoms. The van der Waals surface area contributed by atoms with Crippen LogP contribution in [0.3, 0.4) is 0 Å². The fraction of sp³-hybridized carbons (Fsp3) is 0.500. The van der Waals surface area contributed by atoms with Crippen molar-refractivity contribution < 1.29 is 13.2 Å². The zero-order valence-corrected chi connectivity index (χ0v) is 11.8. The van der Waals surface area contributed by atoms with E-state index in [4.69, 9.17) is 10.5 Å².